The van der Waals surface area contributed by atoms with E-state index in [0.29, 0.717) is 47.1 Å². The number of amides is 2. The lowest BCUT2D eigenvalue weighted by molar-refractivity contribution is 0.0698. The molecule has 1 aliphatic rings. The number of piperidine rings is 1. The minimum absolute atomic E-state index is 0.00655. The average molecular weight is 378 g/mol. The zero-order valence-corrected chi connectivity index (χ0v) is 14.9. The molecule has 0 bridgehead atoms. The van der Waals surface area contributed by atoms with E-state index in [9.17, 15) is 9.59 Å². The molecule has 2 aromatic rings. The highest BCUT2D eigenvalue weighted by Gasteiger charge is 2.25. The largest absolute Gasteiger partial charge is 0.349 e. The Morgan fingerprint density at radius 2 is 1.76 bits per heavy atom. The summed E-state index contributed by atoms with van der Waals surface area (Å²) in [6, 6.07) is 8.23. The normalized spacial score (nSPS) is 15.0. The van der Waals surface area contributed by atoms with E-state index in [4.69, 9.17) is 23.2 Å². The Hall–Kier alpha value is -2.11. The number of carbonyl (C=O) groups excluding carboxylic acids is 2. The van der Waals surface area contributed by atoms with Crippen LogP contribution >= 0.6 is 23.2 Å². The van der Waals surface area contributed by atoms with Gasteiger partial charge >= 0.3 is 0 Å². The van der Waals surface area contributed by atoms with Crippen molar-refractivity contribution in [3.8, 4) is 0 Å². The zero-order chi connectivity index (χ0) is 17.8. The summed E-state index contributed by atoms with van der Waals surface area (Å²) in [5.41, 5.74) is 1.03. The third-order valence-electron chi connectivity index (χ3n) is 4.22. The summed E-state index contributed by atoms with van der Waals surface area (Å²) < 4.78 is 0. The third kappa shape index (κ3) is 4.30. The molecule has 5 nitrogen and oxygen atoms in total. The fraction of sp³-hybridized carbons (Fsp3) is 0.278. The summed E-state index contributed by atoms with van der Waals surface area (Å²) in [4.78, 5) is 30.5. The van der Waals surface area contributed by atoms with E-state index in [1.807, 2.05) is 0 Å². The number of benzene rings is 1. The predicted molar refractivity (Wildman–Crippen MR) is 97.1 cm³/mol. The van der Waals surface area contributed by atoms with Crippen LogP contribution < -0.4 is 5.32 Å². The van der Waals surface area contributed by atoms with E-state index in [0.717, 1.165) is 0 Å². The highest BCUT2D eigenvalue weighted by Crippen LogP contribution is 2.21. The van der Waals surface area contributed by atoms with Crippen LogP contribution in [0.4, 0.5) is 0 Å². The number of nitrogens with zero attached hydrogens (tertiary/aromatic N) is 2. The Morgan fingerprint density at radius 3 is 2.40 bits per heavy atom. The first kappa shape index (κ1) is 17.7. The molecule has 1 aromatic carbocycles. The van der Waals surface area contributed by atoms with Crippen LogP contribution in [0, 0.1) is 0 Å². The predicted octanol–water partition coefficient (Wildman–Crippen LogP) is 3.42. The van der Waals surface area contributed by atoms with Gasteiger partial charge in [0.1, 0.15) is 0 Å². The lowest BCUT2D eigenvalue weighted by atomic mass is 10.0. The molecule has 0 saturated carbocycles. The number of likely N-dealkylation sites (tertiary alicyclic amines) is 1. The highest BCUT2D eigenvalue weighted by atomic mass is 35.5. The molecule has 3 rings (SSSR count). The number of carbonyl (C=O) groups is 2. The van der Waals surface area contributed by atoms with Gasteiger partial charge in [-0.15, -0.1) is 0 Å². The molecule has 0 unspecified atom stereocenters. The molecule has 0 spiro atoms. The number of halogens is 2. The van der Waals surface area contributed by atoms with Gasteiger partial charge in [0.25, 0.3) is 11.8 Å². The Morgan fingerprint density at radius 1 is 1.08 bits per heavy atom. The van der Waals surface area contributed by atoms with Crippen LogP contribution in [-0.4, -0.2) is 40.8 Å². The molecule has 130 valence electrons. The van der Waals surface area contributed by atoms with E-state index >= 15 is 0 Å². The van der Waals surface area contributed by atoms with Crippen molar-refractivity contribution in [3.05, 3.63) is 63.9 Å². The molecule has 1 saturated heterocycles. The van der Waals surface area contributed by atoms with Crippen molar-refractivity contribution < 1.29 is 9.59 Å². The Balaban J connectivity index is 1.56. The summed E-state index contributed by atoms with van der Waals surface area (Å²) in [7, 11) is 0. The monoisotopic (exact) mass is 377 g/mol. The summed E-state index contributed by atoms with van der Waals surface area (Å²) in [5, 5.41) is 3.80. The van der Waals surface area contributed by atoms with E-state index in [-0.39, 0.29) is 17.9 Å². The van der Waals surface area contributed by atoms with E-state index in [1.165, 1.54) is 0 Å². The standard InChI is InChI=1S/C18H17Cl2N3O2/c19-13-1-2-15(16(20)11-13)17(24)22-14-5-9-23(10-6-14)18(25)12-3-7-21-8-4-12/h1-4,7-8,11,14H,5-6,9-10H2,(H,22,24). The van der Waals surface area contributed by atoms with E-state index in [2.05, 4.69) is 10.3 Å². The molecule has 1 aromatic heterocycles. The molecule has 1 aliphatic heterocycles. The minimum Gasteiger partial charge on any atom is -0.349 e. The second kappa shape index (κ2) is 7.85. The molecular formula is C18H17Cl2N3O2. The van der Waals surface area contributed by atoms with Crippen molar-refractivity contribution >= 4 is 35.0 Å². The topological polar surface area (TPSA) is 62.3 Å². The van der Waals surface area contributed by atoms with Gasteiger partial charge in [0.2, 0.25) is 0 Å². The number of rotatable bonds is 3. The minimum atomic E-state index is -0.222. The number of hydrogen-bond donors (Lipinski definition) is 1. The molecular weight excluding hydrogens is 361 g/mol. The molecule has 7 heteroatoms. The Bertz CT molecular complexity index is 775. The molecule has 1 N–H and O–H groups in total. The Labute approximate surface area is 155 Å². The lowest BCUT2D eigenvalue weighted by Crippen LogP contribution is -2.46. The molecule has 0 radical (unpaired) electrons. The quantitative estimate of drug-likeness (QED) is 0.890. The first-order valence-corrected chi connectivity index (χ1v) is 8.75. The molecule has 2 amide bonds. The van der Waals surface area contributed by atoms with Gasteiger partial charge in [0, 0.05) is 42.1 Å². The number of nitrogens with one attached hydrogen (secondary N) is 1. The zero-order valence-electron chi connectivity index (χ0n) is 13.4. The SMILES string of the molecule is O=C(NC1CCN(C(=O)c2ccncc2)CC1)c1ccc(Cl)cc1Cl. The highest BCUT2D eigenvalue weighted by molar-refractivity contribution is 6.36. The second-order valence-corrected chi connectivity index (χ2v) is 6.74. The van der Waals surface area contributed by atoms with Crippen LogP contribution in [-0.2, 0) is 0 Å². The van der Waals surface area contributed by atoms with Gasteiger partial charge in [-0.3, -0.25) is 14.6 Å². The van der Waals surface area contributed by atoms with Crippen molar-refractivity contribution in [2.24, 2.45) is 0 Å². The van der Waals surface area contributed by atoms with Crippen molar-refractivity contribution in [1.82, 2.24) is 15.2 Å². The van der Waals surface area contributed by atoms with Gasteiger partial charge in [0.05, 0.1) is 10.6 Å². The van der Waals surface area contributed by atoms with Crippen molar-refractivity contribution in [1.29, 1.82) is 0 Å². The summed E-state index contributed by atoms with van der Waals surface area (Å²) in [6.07, 6.45) is 4.62. The maximum atomic E-state index is 12.4. The first-order valence-electron chi connectivity index (χ1n) is 8.00. The number of hydrogen-bond acceptors (Lipinski definition) is 3. The van der Waals surface area contributed by atoms with Crippen molar-refractivity contribution in [2.45, 2.75) is 18.9 Å². The van der Waals surface area contributed by atoms with Crippen LogP contribution in [0.3, 0.4) is 0 Å². The van der Waals surface area contributed by atoms with Gasteiger partial charge in [-0.25, -0.2) is 0 Å². The van der Waals surface area contributed by atoms with Crippen LogP contribution in [0.25, 0.3) is 0 Å². The molecule has 25 heavy (non-hydrogen) atoms. The van der Waals surface area contributed by atoms with Crippen molar-refractivity contribution in [2.75, 3.05) is 13.1 Å². The number of pyridine rings is 1. The van der Waals surface area contributed by atoms with Crippen LogP contribution in [0.5, 0.6) is 0 Å². The van der Waals surface area contributed by atoms with Gasteiger partial charge < -0.3 is 10.2 Å². The lowest BCUT2D eigenvalue weighted by Gasteiger charge is -2.32. The summed E-state index contributed by atoms with van der Waals surface area (Å²) in [6.45, 7) is 1.20. The average Bonchev–Trinajstić information content (AvgIpc) is 2.62. The summed E-state index contributed by atoms with van der Waals surface area (Å²) >= 11 is 11.9. The fourth-order valence-corrected chi connectivity index (χ4v) is 3.34. The van der Waals surface area contributed by atoms with Crippen LogP contribution in [0.2, 0.25) is 10.0 Å². The Kier molecular flexibility index (Phi) is 5.56. The van der Waals surface area contributed by atoms with Gasteiger partial charge in [-0.1, -0.05) is 23.2 Å². The third-order valence-corrected chi connectivity index (χ3v) is 4.77. The van der Waals surface area contributed by atoms with E-state index in [1.54, 1.807) is 47.6 Å². The molecule has 0 atom stereocenters. The summed E-state index contributed by atoms with van der Waals surface area (Å²) in [5.74, 6) is -0.228. The van der Waals surface area contributed by atoms with Gasteiger partial charge in [-0.2, -0.15) is 0 Å². The van der Waals surface area contributed by atoms with Crippen LogP contribution in [0.1, 0.15) is 33.6 Å². The molecule has 2 heterocycles. The number of aromatic nitrogens is 1. The fourth-order valence-electron chi connectivity index (χ4n) is 2.84. The van der Waals surface area contributed by atoms with E-state index < -0.39 is 0 Å². The maximum absolute atomic E-state index is 12.4. The molecule has 0 aliphatic carbocycles. The molecule has 1 fully saturated rings. The maximum Gasteiger partial charge on any atom is 0.253 e. The van der Waals surface area contributed by atoms with Gasteiger partial charge in [-0.05, 0) is 43.2 Å². The second-order valence-electron chi connectivity index (χ2n) is 5.90. The first-order chi connectivity index (χ1) is 12.0. The van der Waals surface area contributed by atoms with Gasteiger partial charge in [0.15, 0.2) is 0 Å². The van der Waals surface area contributed by atoms with Crippen LogP contribution in [0.15, 0.2) is 42.7 Å². The van der Waals surface area contributed by atoms with Crippen molar-refractivity contribution in [3.63, 3.8) is 0 Å². The smallest absolute Gasteiger partial charge is 0.253 e.